The van der Waals surface area contributed by atoms with E-state index in [1.165, 1.54) is 6.92 Å². The molecule has 0 aromatic carbocycles. The second kappa shape index (κ2) is 13.1. The van der Waals surface area contributed by atoms with E-state index < -0.39 is 22.8 Å². The van der Waals surface area contributed by atoms with Gasteiger partial charge >= 0.3 is 11.9 Å². The number of hydrogen-bond acceptors (Lipinski definition) is 6. The van der Waals surface area contributed by atoms with Crippen molar-refractivity contribution in [2.75, 3.05) is 26.4 Å². The highest BCUT2D eigenvalue weighted by molar-refractivity contribution is 5.74. The SMILES string of the molecule is CC(CCCO)(CCCO)C(=O)O.CC(CCO)(CCO)C(=O)O. The molecule has 0 rings (SSSR count). The fourth-order valence-electron chi connectivity index (χ4n) is 2.11. The Morgan fingerprint density at radius 3 is 1.12 bits per heavy atom. The standard InChI is InChI=1S/C9H18O4.C7H14O4/c1-9(8(12)13,4-2-6-10)5-3-7-11;1-7(2-4-8,3-5-9)6(10)11/h10-11H,2-7H2,1H3,(H,12,13);8-9H,2-5H2,1H3,(H,10,11). The van der Waals surface area contributed by atoms with E-state index in [4.69, 9.17) is 30.6 Å². The number of carbonyl (C=O) groups is 2. The molecule has 0 aliphatic heterocycles. The van der Waals surface area contributed by atoms with Crippen LogP contribution in [0.15, 0.2) is 0 Å². The second-order valence-corrected chi connectivity index (χ2v) is 6.33. The first-order valence-electron chi connectivity index (χ1n) is 8.03. The molecule has 0 aromatic rings. The molecular weight excluding hydrogens is 320 g/mol. The first-order valence-corrected chi connectivity index (χ1v) is 8.03. The Labute approximate surface area is 142 Å². The van der Waals surface area contributed by atoms with E-state index in [0.717, 1.165) is 0 Å². The van der Waals surface area contributed by atoms with Gasteiger partial charge in [-0.05, 0) is 52.4 Å². The zero-order valence-electron chi connectivity index (χ0n) is 14.6. The third-order valence-corrected chi connectivity index (χ3v) is 4.13. The molecule has 0 amide bonds. The maximum Gasteiger partial charge on any atom is 0.309 e. The Kier molecular flexibility index (Phi) is 13.7. The molecule has 8 nitrogen and oxygen atoms in total. The van der Waals surface area contributed by atoms with Crippen LogP contribution < -0.4 is 0 Å². The third-order valence-electron chi connectivity index (χ3n) is 4.13. The van der Waals surface area contributed by atoms with Crippen molar-refractivity contribution < 1.29 is 40.2 Å². The molecule has 0 bridgehead atoms. The third kappa shape index (κ3) is 9.82. The largest absolute Gasteiger partial charge is 0.481 e. The number of hydrogen-bond donors (Lipinski definition) is 6. The predicted octanol–water partition coefficient (Wildman–Crippen LogP) is 0.464. The summed E-state index contributed by atoms with van der Waals surface area (Å²) in [5, 5.41) is 51.8. The number of carboxylic acid groups (broad SMARTS) is 2. The molecule has 0 aliphatic carbocycles. The molecule has 0 saturated heterocycles. The lowest BCUT2D eigenvalue weighted by Crippen LogP contribution is -2.29. The van der Waals surface area contributed by atoms with Crippen LogP contribution >= 0.6 is 0 Å². The van der Waals surface area contributed by atoms with Gasteiger partial charge in [0.15, 0.2) is 0 Å². The van der Waals surface area contributed by atoms with E-state index in [0.29, 0.717) is 25.7 Å². The van der Waals surface area contributed by atoms with E-state index in [1.54, 1.807) is 6.92 Å². The van der Waals surface area contributed by atoms with Crippen LogP contribution in [0.2, 0.25) is 0 Å². The van der Waals surface area contributed by atoms with Gasteiger partial charge in [-0.2, -0.15) is 0 Å². The summed E-state index contributed by atoms with van der Waals surface area (Å²) in [4.78, 5) is 21.4. The number of rotatable bonds is 12. The molecule has 0 spiro atoms. The molecule has 0 atom stereocenters. The topological polar surface area (TPSA) is 156 Å². The van der Waals surface area contributed by atoms with Crippen molar-refractivity contribution in [1.82, 2.24) is 0 Å². The van der Waals surface area contributed by atoms with Crippen molar-refractivity contribution in [3.8, 4) is 0 Å². The zero-order valence-corrected chi connectivity index (χ0v) is 14.6. The van der Waals surface area contributed by atoms with Gasteiger partial charge in [0, 0.05) is 26.4 Å². The minimum atomic E-state index is -0.983. The Morgan fingerprint density at radius 2 is 0.917 bits per heavy atom. The average Bonchev–Trinajstić information content (AvgIpc) is 2.51. The molecular formula is C16H32O8. The Balaban J connectivity index is 0. The molecule has 8 heteroatoms. The van der Waals surface area contributed by atoms with Crippen molar-refractivity contribution >= 4 is 11.9 Å². The van der Waals surface area contributed by atoms with Crippen LogP contribution in [0.5, 0.6) is 0 Å². The highest BCUT2D eigenvalue weighted by atomic mass is 16.4. The number of carboxylic acids is 2. The van der Waals surface area contributed by atoms with Crippen LogP contribution in [-0.4, -0.2) is 69.0 Å². The van der Waals surface area contributed by atoms with E-state index in [1.807, 2.05) is 0 Å². The van der Waals surface area contributed by atoms with Crippen LogP contribution in [0.25, 0.3) is 0 Å². The van der Waals surface area contributed by atoms with E-state index in [2.05, 4.69) is 0 Å². The van der Waals surface area contributed by atoms with Gasteiger partial charge in [0.2, 0.25) is 0 Å². The second-order valence-electron chi connectivity index (χ2n) is 6.33. The van der Waals surface area contributed by atoms with Crippen LogP contribution in [-0.2, 0) is 9.59 Å². The highest BCUT2D eigenvalue weighted by Gasteiger charge is 2.32. The number of aliphatic hydroxyl groups excluding tert-OH is 4. The Bertz CT molecular complexity index is 342. The lowest BCUT2D eigenvalue weighted by molar-refractivity contribution is -0.150. The van der Waals surface area contributed by atoms with Crippen LogP contribution in [0.1, 0.15) is 52.4 Å². The van der Waals surface area contributed by atoms with Gasteiger partial charge in [-0.3, -0.25) is 9.59 Å². The molecule has 0 heterocycles. The first kappa shape index (κ1) is 25.0. The molecule has 0 unspecified atom stereocenters. The summed E-state index contributed by atoms with van der Waals surface area (Å²) in [6.07, 6.45) is 2.27. The Hall–Kier alpha value is -1.22. The molecule has 0 aliphatic rings. The minimum Gasteiger partial charge on any atom is -0.481 e. The van der Waals surface area contributed by atoms with Crippen LogP contribution in [0, 0.1) is 10.8 Å². The Morgan fingerprint density at radius 1 is 0.625 bits per heavy atom. The quantitative estimate of drug-likeness (QED) is 0.296. The summed E-state index contributed by atoms with van der Waals surface area (Å²) in [5.41, 5.74) is -1.78. The van der Waals surface area contributed by atoms with E-state index in [9.17, 15) is 9.59 Å². The molecule has 0 aromatic heterocycles. The van der Waals surface area contributed by atoms with E-state index in [-0.39, 0.29) is 39.3 Å². The molecule has 0 saturated carbocycles. The van der Waals surface area contributed by atoms with Gasteiger partial charge in [-0.15, -0.1) is 0 Å². The molecule has 6 N–H and O–H groups in total. The summed E-state index contributed by atoms with van der Waals surface area (Å²) in [7, 11) is 0. The number of aliphatic hydroxyl groups is 4. The lowest BCUT2D eigenvalue weighted by Gasteiger charge is -2.23. The highest BCUT2D eigenvalue weighted by Crippen LogP contribution is 2.29. The van der Waals surface area contributed by atoms with Gasteiger partial charge < -0.3 is 30.6 Å². The first-order chi connectivity index (χ1) is 11.1. The zero-order chi connectivity index (χ0) is 19.2. The van der Waals surface area contributed by atoms with Gasteiger partial charge in [-0.1, -0.05) is 0 Å². The van der Waals surface area contributed by atoms with Crippen molar-refractivity contribution in [1.29, 1.82) is 0 Å². The molecule has 24 heavy (non-hydrogen) atoms. The van der Waals surface area contributed by atoms with Crippen molar-refractivity contribution in [2.45, 2.75) is 52.4 Å². The molecule has 144 valence electrons. The average molecular weight is 352 g/mol. The van der Waals surface area contributed by atoms with Gasteiger partial charge in [0.05, 0.1) is 10.8 Å². The molecule has 0 fully saturated rings. The maximum absolute atomic E-state index is 10.9. The van der Waals surface area contributed by atoms with Gasteiger partial charge in [0.1, 0.15) is 0 Å². The van der Waals surface area contributed by atoms with Gasteiger partial charge in [0.25, 0.3) is 0 Å². The summed E-state index contributed by atoms with van der Waals surface area (Å²) in [6.45, 7) is 2.87. The summed E-state index contributed by atoms with van der Waals surface area (Å²) >= 11 is 0. The van der Waals surface area contributed by atoms with Crippen LogP contribution in [0.4, 0.5) is 0 Å². The van der Waals surface area contributed by atoms with Crippen molar-refractivity contribution in [2.24, 2.45) is 10.8 Å². The summed E-state index contributed by atoms with van der Waals surface area (Å²) in [5.74, 6) is -1.82. The van der Waals surface area contributed by atoms with Crippen LogP contribution in [0.3, 0.4) is 0 Å². The normalized spacial score (nSPS) is 11.6. The van der Waals surface area contributed by atoms with E-state index >= 15 is 0 Å². The summed E-state index contributed by atoms with van der Waals surface area (Å²) in [6, 6.07) is 0. The fourth-order valence-corrected chi connectivity index (χ4v) is 2.11. The predicted molar refractivity (Wildman–Crippen MR) is 87.5 cm³/mol. The van der Waals surface area contributed by atoms with Gasteiger partial charge in [-0.25, -0.2) is 0 Å². The van der Waals surface area contributed by atoms with Crippen molar-refractivity contribution in [3.05, 3.63) is 0 Å². The molecule has 0 radical (unpaired) electrons. The lowest BCUT2D eigenvalue weighted by atomic mass is 9.81. The minimum absolute atomic E-state index is 0.0159. The maximum atomic E-state index is 10.9. The smallest absolute Gasteiger partial charge is 0.309 e. The fraction of sp³-hybridized carbons (Fsp3) is 0.875. The van der Waals surface area contributed by atoms with Crippen molar-refractivity contribution in [3.63, 3.8) is 0 Å². The number of aliphatic carboxylic acids is 2. The monoisotopic (exact) mass is 352 g/mol. The summed E-state index contributed by atoms with van der Waals surface area (Å²) < 4.78 is 0.